The third-order valence-electron chi connectivity index (χ3n) is 3.78. The predicted octanol–water partition coefficient (Wildman–Crippen LogP) is 2.00. The largest absolute Gasteiger partial charge is 0.383 e. The zero-order valence-electron chi connectivity index (χ0n) is 11.1. The number of nitrogens with zero attached hydrogens (tertiary/aromatic N) is 1. The van der Waals surface area contributed by atoms with Crippen LogP contribution in [0.5, 0.6) is 0 Å². The first-order valence-corrected chi connectivity index (χ1v) is 6.67. The van der Waals surface area contributed by atoms with E-state index in [9.17, 15) is 0 Å². The van der Waals surface area contributed by atoms with E-state index in [-0.39, 0.29) is 0 Å². The van der Waals surface area contributed by atoms with Crippen LogP contribution in [0.4, 0.5) is 0 Å². The summed E-state index contributed by atoms with van der Waals surface area (Å²) in [4.78, 5) is 2.66. The third-order valence-corrected chi connectivity index (χ3v) is 3.78. The molecule has 3 nitrogen and oxygen atoms in total. The minimum atomic E-state index is 0.554. The van der Waals surface area contributed by atoms with E-state index >= 15 is 0 Å². The molecule has 0 radical (unpaired) electrons. The van der Waals surface area contributed by atoms with Crippen molar-refractivity contribution in [3.05, 3.63) is 0 Å². The van der Waals surface area contributed by atoms with Gasteiger partial charge in [-0.05, 0) is 46.1 Å². The first-order chi connectivity index (χ1) is 7.70. The number of hydrogen-bond donors (Lipinski definition) is 1. The second-order valence-electron chi connectivity index (χ2n) is 5.12. The highest BCUT2D eigenvalue weighted by molar-refractivity contribution is 4.85. The van der Waals surface area contributed by atoms with Crippen molar-refractivity contribution in [3.8, 4) is 0 Å². The SMILES string of the molecule is COCC(CCCN)N1[C@H](C)CCC[C@@H]1C. The Morgan fingerprint density at radius 1 is 1.31 bits per heavy atom. The Morgan fingerprint density at radius 3 is 2.44 bits per heavy atom. The number of piperidine rings is 1. The normalized spacial score (nSPS) is 29.2. The topological polar surface area (TPSA) is 38.5 Å². The van der Waals surface area contributed by atoms with Crippen LogP contribution in [0.25, 0.3) is 0 Å². The van der Waals surface area contributed by atoms with Crippen molar-refractivity contribution in [2.45, 2.75) is 64.1 Å². The zero-order chi connectivity index (χ0) is 12.0. The minimum Gasteiger partial charge on any atom is -0.383 e. The van der Waals surface area contributed by atoms with Crippen LogP contribution >= 0.6 is 0 Å². The first-order valence-electron chi connectivity index (χ1n) is 6.67. The Balaban J connectivity index is 2.58. The molecule has 3 atom stereocenters. The number of hydrogen-bond acceptors (Lipinski definition) is 3. The van der Waals surface area contributed by atoms with Crippen LogP contribution in [0.1, 0.15) is 46.0 Å². The molecule has 0 spiro atoms. The fraction of sp³-hybridized carbons (Fsp3) is 1.00. The highest BCUT2D eigenvalue weighted by Gasteiger charge is 2.30. The van der Waals surface area contributed by atoms with E-state index in [4.69, 9.17) is 10.5 Å². The standard InChI is InChI=1S/C13H28N2O/c1-11-6-4-7-12(2)15(11)13(10-16-3)8-5-9-14/h11-13H,4-10,14H2,1-3H3/t11-,12+,13?. The van der Waals surface area contributed by atoms with Gasteiger partial charge in [0.05, 0.1) is 6.61 Å². The summed E-state index contributed by atoms with van der Waals surface area (Å²) in [6.45, 7) is 6.33. The summed E-state index contributed by atoms with van der Waals surface area (Å²) in [6, 6.07) is 1.95. The van der Waals surface area contributed by atoms with E-state index in [2.05, 4.69) is 18.7 Å². The van der Waals surface area contributed by atoms with Crippen LogP contribution in [0.2, 0.25) is 0 Å². The monoisotopic (exact) mass is 228 g/mol. The molecule has 0 aromatic carbocycles. The molecule has 2 N–H and O–H groups in total. The van der Waals surface area contributed by atoms with Crippen molar-refractivity contribution in [1.82, 2.24) is 4.90 Å². The molecule has 1 aliphatic heterocycles. The van der Waals surface area contributed by atoms with Gasteiger partial charge in [-0.15, -0.1) is 0 Å². The van der Waals surface area contributed by atoms with E-state index in [1.165, 1.54) is 25.7 Å². The van der Waals surface area contributed by atoms with E-state index in [1.807, 2.05) is 0 Å². The van der Waals surface area contributed by atoms with Gasteiger partial charge in [-0.25, -0.2) is 0 Å². The molecule has 16 heavy (non-hydrogen) atoms. The molecular weight excluding hydrogens is 200 g/mol. The summed E-state index contributed by atoms with van der Waals surface area (Å²) < 4.78 is 5.37. The van der Waals surface area contributed by atoms with Gasteiger partial charge >= 0.3 is 0 Å². The number of methoxy groups -OCH3 is 1. The molecule has 1 rings (SSSR count). The second kappa shape index (κ2) is 7.25. The first kappa shape index (κ1) is 13.9. The summed E-state index contributed by atoms with van der Waals surface area (Å²) in [7, 11) is 1.80. The Kier molecular flexibility index (Phi) is 6.32. The van der Waals surface area contributed by atoms with Gasteiger partial charge in [-0.1, -0.05) is 6.42 Å². The molecule has 0 saturated carbocycles. The van der Waals surface area contributed by atoms with Gasteiger partial charge < -0.3 is 10.5 Å². The van der Waals surface area contributed by atoms with E-state index < -0.39 is 0 Å². The summed E-state index contributed by atoms with van der Waals surface area (Å²) in [5.41, 5.74) is 5.61. The Bertz CT molecular complexity index is 177. The lowest BCUT2D eigenvalue weighted by Crippen LogP contribution is -2.51. The van der Waals surface area contributed by atoms with Gasteiger partial charge in [-0.2, -0.15) is 0 Å². The summed E-state index contributed by atoms with van der Waals surface area (Å²) >= 11 is 0. The molecule has 3 heteroatoms. The Hall–Kier alpha value is -0.120. The molecule has 1 saturated heterocycles. The maximum absolute atomic E-state index is 5.61. The van der Waals surface area contributed by atoms with Gasteiger partial charge in [0.25, 0.3) is 0 Å². The molecule has 96 valence electrons. The summed E-state index contributed by atoms with van der Waals surface area (Å²) in [6.07, 6.45) is 6.29. The zero-order valence-corrected chi connectivity index (χ0v) is 11.1. The van der Waals surface area contributed by atoms with E-state index in [0.717, 1.165) is 19.6 Å². The van der Waals surface area contributed by atoms with Crippen LogP contribution < -0.4 is 5.73 Å². The van der Waals surface area contributed by atoms with Crippen molar-refractivity contribution < 1.29 is 4.74 Å². The van der Waals surface area contributed by atoms with Crippen molar-refractivity contribution in [2.75, 3.05) is 20.3 Å². The lowest BCUT2D eigenvalue weighted by molar-refractivity contribution is 0.00936. The number of likely N-dealkylation sites (tertiary alicyclic amines) is 1. The molecule has 0 aromatic heterocycles. The molecular formula is C13H28N2O. The molecule has 1 heterocycles. The average Bonchev–Trinajstić information content (AvgIpc) is 2.25. The van der Waals surface area contributed by atoms with Crippen LogP contribution in [-0.4, -0.2) is 43.3 Å². The quantitative estimate of drug-likeness (QED) is 0.756. The molecule has 1 aliphatic rings. The number of rotatable bonds is 6. The summed E-state index contributed by atoms with van der Waals surface area (Å²) in [5.74, 6) is 0. The van der Waals surface area contributed by atoms with Crippen molar-refractivity contribution in [2.24, 2.45) is 5.73 Å². The van der Waals surface area contributed by atoms with Gasteiger partial charge in [0.2, 0.25) is 0 Å². The average molecular weight is 228 g/mol. The van der Waals surface area contributed by atoms with Gasteiger partial charge in [0.1, 0.15) is 0 Å². The highest BCUT2D eigenvalue weighted by Crippen LogP contribution is 2.26. The lowest BCUT2D eigenvalue weighted by Gasteiger charge is -2.44. The van der Waals surface area contributed by atoms with Crippen molar-refractivity contribution in [1.29, 1.82) is 0 Å². The number of nitrogens with two attached hydrogens (primary N) is 1. The molecule has 0 aromatic rings. The highest BCUT2D eigenvalue weighted by atomic mass is 16.5. The fourth-order valence-electron chi connectivity index (χ4n) is 3.03. The van der Waals surface area contributed by atoms with Gasteiger partial charge in [0, 0.05) is 25.2 Å². The third kappa shape index (κ3) is 3.72. The van der Waals surface area contributed by atoms with Crippen molar-refractivity contribution >= 4 is 0 Å². The van der Waals surface area contributed by atoms with Crippen molar-refractivity contribution in [3.63, 3.8) is 0 Å². The molecule has 1 unspecified atom stereocenters. The molecule has 0 amide bonds. The van der Waals surface area contributed by atoms with E-state index in [0.29, 0.717) is 18.1 Å². The second-order valence-corrected chi connectivity index (χ2v) is 5.12. The maximum Gasteiger partial charge on any atom is 0.0618 e. The van der Waals surface area contributed by atoms with Gasteiger partial charge in [-0.3, -0.25) is 4.90 Å². The summed E-state index contributed by atoms with van der Waals surface area (Å²) in [5, 5.41) is 0. The Labute approximate surface area is 100 Å². The molecule has 0 bridgehead atoms. The van der Waals surface area contributed by atoms with Gasteiger partial charge in [0.15, 0.2) is 0 Å². The fourth-order valence-corrected chi connectivity index (χ4v) is 3.03. The minimum absolute atomic E-state index is 0.554. The predicted molar refractivity (Wildman–Crippen MR) is 68.6 cm³/mol. The number of ether oxygens (including phenoxy) is 1. The van der Waals surface area contributed by atoms with Crippen LogP contribution in [0.3, 0.4) is 0 Å². The van der Waals surface area contributed by atoms with Crippen LogP contribution in [0.15, 0.2) is 0 Å². The lowest BCUT2D eigenvalue weighted by atomic mass is 9.94. The molecule has 0 aliphatic carbocycles. The maximum atomic E-state index is 5.61. The van der Waals surface area contributed by atoms with Crippen LogP contribution in [-0.2, 0) is 4.74 Å². The smallest absolute Gasteiger partial charge is 0.0618 e. The van der Waals surface area contributed by atoms with Crippen LogP contribution in [0, 0.1) is 0 Å². The Morgan fingerprint density at radius 2 is 1.94 bits per heavy atom. The van der Waals surface area contributed by atoms with E-state index in [1.54, 1.807) is 7.11 Å². The molecule has 1 fully saturated rings.